The highest BCUT2D eigenvalue weighted by Crippen LogP contribution is 2.35. The van der Waals surface area contributed by atoms with E-state index in [1.807, 2.05) is 36.4 Å². The number of carbonyl (C=O) groups excluding carboxylic acids is 4. The summed E-state index contributed by atoms with van der Waals surface area (Å²) in [6.07, 6.45) is 1.38. The van der Waals surface area contributed by atoms with E-state index in [4.69, 9.17) is 15.2 Å². The van der Waals surface area contributed by atoms with E-state index in [-0.39, 0.29) is 12.2 Å². The van der Waals surface area contributed by atoms with Crippen LogP contribution in [0, 0.1) is 17.4 Å². The van der Waals surface area contributed by atoms with Crippen LogP contribution in [-0.2, 0) is 14.4 Å². The number of barbiturate groups is 1. The molecule has 1 saturated heterocycles. The van der Waals surface area contributed by atoms with E-state index in [2.05, 4.69) is 5.32 Å². The van der Waals surface area contributed by atoms with Gasteiger partial charge in [-0.1, -0.05) is 6.07 Å². The zero-order valence-electron chi connectivity index (χ0n) is 18.2. The Balaban J connectivity index is 2.02. The van der Waals surface area contributed by atoms with Crippen molar-refractivity contribution in [1.82, 2.24) is 5.32 Å². The lowest BCUT2D eigenvalue weighted by molar-refractivity contribution is -0.123. The Morgan fingerprint density at radius 2 is 1.85 bits per heavy atom. The van der Waals surface area contributed by atoms with Gasteiger partial charge in [-0.15, -0.1) is 0 Å². The number of ether oxygens (including phenoxy) is 2. The van der Waals surface area contributed by atoms with Crippen molar-refractivity contribution in [2.75, 3.05) is 18.1 Å². The number of imide groups is 2. The molecule has 9 nitrogen and oxygen atoms in total. The molecule has 1 heterocycles. The smallest absolute Gasteiger partial charge is 0.335 e. The second kappa shape index (κ2) is 10.0. The molecule has 1 fully saturated rings. The maximum atomic E-state index is 13.2. The van der Waals surface area contributed by atoms with Crippen LogP contribution in [0.5, 0.6) is 11.5 Å². The second-order valence-corrected chi connectivity index (χ2v) is 8.41. The summed E-state index contributed by atoms with van der Waals surface area (Å²) >= 11 is 1.99. The molecule has 0 unspecified atom stereocenters. The molecule has 0 aromatic heterocycles. The standard InChI is InChI=1S/C23H22IN3O6/c1-4-32-18-10-14(9-17(24)20(18)33-11-19(25)28)8-16-21(29)26-23(31)27(22(16)30)15-6-5-12(2)13(3)7-15/h5-10H,4,11H2,1-3H3,(H2,25,28)(H,26,29,31)/b16-8+. The van der Waals surface area contributed by atoms with Crippen molar-refractivity contribution in [3.63, 3.8) is 0 Å². The van der Waals surface area contributed by atoms with E-state index in [1.165, 1.54) is 6.08 Å². The highest BCUT2D eigenvalue weighted by molar-refractivity contribution is 14.1. The van der Waals surface area contributed by atoms with Crippen molar-refractivity contribution in [2.24, 2.45) is 5.73 Å². The SMILES string of the molecule is CCOc1cc(/C=C2\C(=O)NC(=O)N(c3ccc(C)c(C)c3)C2=O)cc(I)c1OCC(N)=O. The molecule has 10 heteroatoms. The average Bonchev–Trinajstić information content (AvgIpc) is 2.73. The Labute approximate surface area is 204 Å². The molecular weight excluding hydrogens is 541 g/mol. The summed E-state index contributed by atoms with van der Waals surface area (Å²) in [5, 5.41) is 2.21. The number of benzene rings is 2. The molecule has 0 radical (unpaired) electrons. The lowest BCUT2D eigenvalue weighted by Gasteiger charge is -2.27. The maximum Gasteiger partial charge on any atom is 0.335 e. The van der Waals surface area contributed by atoms with Crippen LogP contribution in [0.3, 0.4) is 0 Å². The van der Waals surface area contributed by atoms with E-state index in [1.54, 1.807) is 37.3 Å². The number of hydrogen-bond donors (Lipinski definition) is 2. The van der Waals surface area contributed by atoms with Gasteiger partial charge in [-0.05, 0) is 90.4 Å². The van der Waals surface area contributed by atoms with Gasteiger partial charge in [-0.3, -0.25) is 19.7 Å². The first kappa shape index (κ1) is 24.2. The number of hydrogen-bond acceptors (Lipinski definition) is 6. The third-order valence-corrected chi connectivity index (χ3v) is 5.65. The number of anilines is 1. The van der Waals surface area contributed by atoms with Crippen LogP contribution < -0.4 is 25.4 Å². The summed E-state index contributed by atoms with van der Waals surface area (Å²) in [5.41, 5.74) is 7.69. The number of primary amides is 1. The van der Waals surface area contributed by atoms with Gasteiger partial charge in [-0.25, -0.2) is 9.69 Å². The predicted octanol–water partition coefficient (Wildman–Crippen LogP) is 2.84. The number of carbonyl (C=O) groups is 4. The van der Waals surface area contributed by atoms with E-state index in [0.717, 1.165) is 16.0 Å². The molecule has 2 aromatic rings. The van der Waals surface area contributed by atoms with Gasteiger partial charge in [0.05, 0.1) is 15.9 Å². The van der Waals surface area contributed by atoms with Crippen molar-refractivity contribution < 1.29 is 28.7 Å². The number of aryl methyl sites for hydroxylation is 2. The summed E-state index contributed by atoms with van der Waals surface area (Å²) in [6, 6.07) is 7.57. The normalized spacial score (nSPS) is 15.0. The van der Waals surface area contributed by atoms with Gasteiger partial charge in [0.1, 0.15) is 5.57 Å². The van der Waals surface area contributed by atoms with Gasteiger partial charge in [0, 0.05) is 0 Å². The Morgan fingerprint density at radius 3 is 2.48 bits per heavy atom. The largest absolute Gasteiger partial charge is 0.490 e. The molecule has 1 aliphatic heterocycles. The zero-order chi connectivity index (χ0) is 24.3. The van der Waals surface area contributed by atoms with Crippen LogP contribution in [-0.4, -0.2) is 37.0 Å². The van der Waals surface area contributed by atoms with Gasteiger partial charge in [-0.2, -0.15) is 0 Å². The minimum Gasteiger partial charge on any atom is -0.490 e. The molecule has 0 spiro atoms. The summed E-state index contributed by atoms with van der Waals surface area (Å²) in [7, 11) is 0. The Hall–Kier alpha value is -3.41. The van der Waals surface area contributed by atoms with Gasteiger partial charge < -0.3 is 15.2 Å². The summed E-state index contributed by atoms with van der Waals surface area (Å²) in [5.74, 6) is -1.53. The minimum atomic E-state index is -0.815. The third-order valence-electron chi connectivity index (χ3n) is 4.85. The number of nitrogens with zero attached hydrogens (tertiary/aromatic N) is 1. The molecule has 0 atom stereocenters. The molecule has 2 aromatic carbocycles. The molecule has 0 bridgehead atoms. The van der Waals surface area contributed by atoms with Crippen molar-refractivity contribution in [3.8, 4) is 11.5 Å². The van der Waals surface area contributed by atoms with E-state index >= 15 is 0 Å². The molecule has 0 saturated carbocycles. The van der Waals surface area contributed by atoms with Crippen LogP contribution in [0.1, 0.15) is 23.6 Å². The first-order chi connectivity index (χ1) is 15.6. The fraction of sp³-hybridized carbons (Fsp3) is 0.217. The molecule has 172 valence electrons. The van der Waals surface area contributed by atoms with Crippen molar-refractivity contribution in [2.45, 2.75) is 20.8 Å². The molecule has 0 aliphatic carbocycles. The molecular formula is C23H22IN3O6. The summed E-state index contributed by atoms with van der Waals surface area (Å²) in [4.78, 5) is 50.1. The van der Waals surface area contributed by atoms with Gasteiger partial charge in [0.15, 0.2) is 18.1 Å². The highest BCUT2D eigenvalue weighted by atomic mass is 127. The number of amides is 5. The number of halogens is 1. The monoisotopic (exact) mass is 563 g/mol. The predicted molar refractivity (Wildman–Crippen MR) is 130 cm³/mol. The van der Waals surface area contributed by atoms with Crippen molar-refractivity contribution in [1.29, 1.82) is 0 Å². The number of rotatable bonds is 7. The van der Waals surface area contributed by atoms with Gasteiger partial charge >= 0.3 is 6.03 Å². The quantitative estimate of drug-likeness (QED) is 0.303. The van der Waals surface area contributed by atoms with Crippen LogP contribution in [0.4, 0.5) is 10.5 Å². The zero-order valence-corrected chi connectivity index (χ0v) is 20.4. The fourth-order valence-electron chi connectivity index (χ4n) is 3.14. The van der Waals surface area contributed by atoms with E-state index < -0.39 is 23.8 Å². The van der Waals surface area contributed by atoms with Crippen molar-refractivity contribution >= 4 is 58.1 Å². The number of urea groups is 1. The maximum absolute atomic E-state index is 13.2. The third kappa shape index (κ3) is 5.33. The topological polar surface area (TPSA) is 128 Å². The molecule has 1 aliphatic rings. The fourth-order valence-corrected chi connectivity index (χ4v) is 3.92. The van der Waals surface area contributed by atoms with Crippen LogP contribution in [0.2, 0.25) is 0 Å². The number of nitrogens with two attached hydrogens (primary N) is 1. The number of nitrogens with one attached hydrogen (secondary N) is 1. The Kier molecular flexibility index (Phi) is 7.36. The summed E-state index contributed by atoms with van der Waals surface area (Å²) in [6.45, 7) is 5.55. The first-order valence-electron chi connectivity index (χ1n) is 9.98. The Morgan fingerprint density at radius 1 is 1.12 bits per heavy atom. The lowest BCUT2D eigenvalue weighted by Crippen LogP contribution is -2.54. The highest BCUT2D eigenvalue weighted by Gasteiger charge is 2.37. The van der Waals surface area contributed by atoms with Crippen LogP contribution in [0.15, 0.2) is 35.9 Å². The lowest BCUT2D eigenvalue weighted by atomic mass is 10.0. The van der Waals surface area contributed by atoms with Crippen LogP contribution in [0.25, 0.3) is 6.08 Å². The van der Waals surface area contributed by atoms with Crippen molar-refractivity contribution in [3.05, 3.63) is 56.2 Å². The van der Waals surface area contributed by atoms with Gasteiger partial charge in [0.25, 0.3) is 17.7 Å². The summed E-state index contributed by atoms with van der Waals surface area (Å²) < 4.78 is 11.6. The Bertz CT molecular complexity index is 1190. The first-order valence-corrected chi connectivity index (χ1v) is 11.1. The molecule has 33 heavy (non-hydrogen) atoms. The molecule has 3 rings (SSSR count). The average molecular weight is 563 g/mol. The minimum absolute atomic E-state index is 0.211. The van der Waals surface area contributed by atoms with Crippen LogP contribution >= 0.6 is 22.6 Å². The van der Waals surface area contributed by atoms with E-state index in [9.17, 15) is 19.2 Å². The van der Waals surface area contributed by atoms with Gasteiger partial charge in [0.2, 0.25) is 0 Å². The molecule has 5 amide bonds. The molecule has 3 N–H and O–H groups in total. The van der Waals surface area contributed by atoms with E-state index in [0.29, 0.717) is 32.9 Å². The second-order valence-electron chi connectivity index (χ2n) is 7.24.